The Balaban J connectivity index is 1.50. The fourth-order valence-corrected chi connectivity index (χ4v) is 3.14. The quantitative estimate of drug-likeness (QED) is 0.319. The number of carbonyl (C=O) groups is 2. The minimum atomic E-state index is -0.934. The molecule has 1 unspecified atom stereocenters. The normalized spacial score (nSPS) is 16.1. The van der Waals surface area contributed by atoms with Crippen LogP contribution >= 0.6 is 0 Å². The van der Waals surface area contributed by atoms with Gasteiger partial charge in [0.15, 0.2) is 0 Å². The van der Waals surface area contributed by atoms with Crippen LogP contribution in [0.4, 0.5) is 17.6 Å². The third-order valence-electron chi connectivity index (χ3n) is 4.78. The molecule has 0 saturated carbocycles. The second kappa shape index (κ2) is 11.2. The van der Waals surface area contributed by atoms with Crippen LogP contribution in [0.5, 0.6) is 0 Å². The van der Waals surface area contributed by atoms with Crippen molar-refractivity contribution in [2.24, 2.45) is 0 Å². The summed E-state index contributed by atoms with van der Waals surface area (Å²) < 4.78 is 5.12. The molecule has 1 aliphatic rings. The summed E-state index contributed by atoms with van der Waals surface area (Å²) in [5.74, 6) is -0.332. The second-order valence-corrected chi connectivity index (χ2v) is 7.08. The molecule has 1 atom stereocenters. The Kier molecular flexibility index (Phi) is 8.05. The number of rotatable bonds is 10. The number of aliphatic carboxylic acids is 1. The molecular weight excluding hydrogens is 420 g/mol. The van der Waals surface area contributed by atoms with Crippen molar-refractivity contribution >= 4 is 29.5 Å². The molecule has 0 spiro atoms. The van der Waals surface area contributed by atoms with E-state index in [2.05, 4.69) is 25.3 Å². The summed E-state index contributed by atoms with van der Waals surface area (Å²) in [4.78, 5) is 43.4. The molecule has 1 aliphatic heterocycles. The highest BCUT2D eigenvalue weighted by molar-refractivity contribution is 5.93. The van der Waals surface area contributed by atoms with E-state index in [1.54, 1.807) is 0 Å². The molecule has 0 radical (unpaired) electrons. The number of aliphatic hydroxyl groups excluding tert-OH is 1. The van der Waals surface area contributed by atoms with Crippen LogP contribution in [0.15, 0.2) is 24.8 Å². The molecule has 5 N–H and O–H groups in total. The number of nitrogens with one attached hydrogen (secondary N) is 1. The van der Waals surface area contributed by atoms with Crippen molar-refractivity contribution < 1.29 is 24.5 Å². The van der Waals surface area contributed by atoms with Crippen molar-refractivity contribution in [2.75, 3.05) is 61.5 Å². The van der Waals surface area contributed by atoms with E-state index in [4.69, 9.17) is 15.6 Å². The first-order chi connectivity index (χ1) is 15.5. The number of aromatic nitrogens is 4. The highest BCUT2D eigenvalue weighted by atomic mass is 16.5. The van der Waals surface area contributed by atoms with E-state index in [-0.39, 0.29) is 44.7 Å². The van der Waals surface area contributed by atoms with Gasteiger partial charge in [-0.3, -0.25) is 9.59 Å². The predicted octanol–water partition coefficient (Wildman–Crippen LogP) is -1.24. The Morgan fingerprint density at radius 1 is 1.09 bits per heavy atom. The maximum absolute atomic E-state index is 12.2. The number of carbonyl (C=O) groups excluding carboxylic acids is 1. The average molecular weight is 446 g/mol. The first-order valence-electron chi connectivity index (χ1n) is 10.1. The molecule has 3 rings (SSSR count). The Hall–Kier alpha value is -3.58. The zero-order valence-electron chi connectivity index (χ0n) is 17.4. The van der Waals surface area contributed by atoms with Crippen molar-refractivity contribution in [3.05, 3.63) is 30.4 Å². The molecule has 2 aromatic heterocycles. The number of ether oxygens (including phenoxy) is 1. The maximum Gasteiger partial charge on any atom is 0.305 e. The van der Waals surface area contributed by atoms with E-state index in [1.807, 2.05) is 9.80 Å². The number of nitrogens with two attached hydrogens (primary N) is 1. The molecule has 0 aromatic carbocycles. The van der Waals surface area contributed by atoms with Crippen LogP contribution < -0.4 is 20.9 Å². The minimum absolute atomic E-state index is 0.0817. The van der Waals surface area contributed by atoms with Gasteiger partial charge in [-0.25, -0.2) is 19.9 Å². The molecule has 13 nitrogen and oxygen atoms in total. The lowest BCUT2D eigenvalue weighted by molar-refractivity contribution is -0.138. The molecule has 172 valence electrons. The van der Waals surface area contributed by atoms with Gasteiger partial charge >= 0.3 is 5.97 Å². The number of anilines is 3. The summed E-state index contributed by atoms with van der Waals surface area (Å²) in [6.45, 7) is 2.06. The van der Waals surface area contributed by atoms with Gasteiger partial charge in [0.05, 0.1) is 55.9 Å². The standard InChI is InChI=1S/C19H26N8O5/c20-14-9-24-19(25-10-14)27-4-3-26(11-15(27)12-28)18-22-7-13(8-23-18)17(31)21-2-6-32-5-1-16(29)30/h7-10,15,28H,1-6,11-12,20H2,(H,21,31)(H,29,30). The molecule has 1 amide bonds. The van der Waals surface area contributed by atoms with Crippen LogP contribution in [-0.2, 0) is 9.53 Å². The minimum Gasteiger partial charge on any atom is -0.481 e. The van der Waals surface area contributed by atoms with Gasteiger partial charge in [-0.2, -0.15) is 0 Å². The number of nitrogen functional groups attached to an aromatic ring is 1. The van der Waals surface area contributed by atoms with Crippen molar-refractivity contribution in [3.8, 4) is 0 Å². The summed E-state index contributed by atoms with van der Waals surface area (Å²) in [7, 11) is 0. The first-order valence-corrected chi connectivity index (χ1v) is 10.1. The third kappa shape index (κ3) is 6.21. The number of aliphatic hydroxyl groups is 1. The van der Waals surface area contributed by atoms with Crippen LogP contribution in [0.2, 0.25) is 0 Å². The number of hydrogen-bond donors (Lipinski definition) is 4. The number of hydrogen-bond acceptors (Lipinski definition) is 11. The highest BCUT2D eigenvalue weighted by Gasteiger charge is 2.29. The van der Waals surface area contributed by atoms with Crippen molar-refractivity contribution in [2.45, 2.75) is 12.5 Å². The van der Waals surface area contributed by atoms with Crippen LogP contribution in [0.25, 0.3) is 0 Å². The lowest BCUT2D eigenvalue weighted by Crippen LogP contribution is -2.56. The average Bonchev–Trinajstić information content (AvgIpc) is 2.81. The van der Waals surface area contributed by atoms with Crippen molar-refractivity contribution in [1.29, 1.82) is 0 Å². The lowest BCUT2D eigenvalue weighted by Gasteiger charge is -2.40. The topological polar surface area (TPSA) is 180 Å². The Morgan fingerprint density at radius 3 is 2.44 bits per heavy atom. The Bertz CT molecular complexity index is 896. The smallest absolute Gasteiger partial charge is 0.305 e. The van der Waals surface area contributed by atoms with E-state index < -0.39 is 5.97 Å². The van der Waals surface area contributed by atoms with Gasteiger partial charge in [0.2, 0.25) is 11.9 Å². The highest BCUT2D eigenvalue weighted by Crippen LogP contribution is 2.19. The van der Waals surface area contributed by atoms with Gasteiger partial charge in [0.1, 0.15) is 0 Å². The molecule has 0 aliphatic carbocycles. The van der Waals surface area contributed by atoms with Gasteiger partial charge < -0.3 is 35.8 Å². The molecule has 1 fully saturated rings. The first kappa shape index (κ1) is 23.1. The van der Waals surface area contributed by atoms with Crippen LogP contribution in [-0.4, -0.2) is 94.1 Å². The molecule has 0 bridgehead atoms. The van der Waals surface area contributed by atoms with Gasteiger partial charge in [-0.05, 0) is 0 Å². The monoisotopic (exact) mass is 446 g/mol. The van der Waals surface area contributed by atoms with E-state index in [0.29, 0.717) is 42.8 Å². The van der Waals surface area contributed by atoms with Crippen LogP contribution in [0.1, 0.15) is 16.8 Å². The van der Waals surface area contributed by atoms with Gasteiger partial charge in [0, 0.05) is 38.6 Å². The number of nitrogens with zero attached hydrogens (tertiary/aromatic N) is 6. The number of amides is 1. The summed E-state index contributed by atoms with van der Waals surface area (Å²) >= 11 is 0. The summed E-state index contributed by atoms with van der Waals surface area (Å²) in [6.07, 6.45) is 5.84. The summed E-state index contributed by atoms with van der Waals surface area (Å²) in [5, 5.41) is 21.0. The molecule has 3 heterocycles. The number of carboxylic acids is 1. The van der Waals surface area contributed by atoms with E-state index >= 15 is 0 Å². The second-order valence-electron chi connectivity index (χ2n) is 7.08. The summed E-state index contributed by atoms with van der Waals surface area (Å²) in [6, 6.07) is -0.250. The van der Waals surface area contributed by atoms with Crippen molar-refractivity contribution in [3.63, 3.8) is 0 Å². The predicted molar refractivity (Wildman–Crippen MR) is 114 cm³/mol. The molecule has 1 saturated heterocycles. The van der Waals surface area contributed by atoms with Crippen molar-refractivity contribution in [1.82, 2.24) is 25.3 Å². The number of piperazine rings is 1. The third-order valence-corrected chi connectivity index (χ3v) is 4.78. The lowest BCUT2D eigenvalue weighted by atomic mass is 10.2. The molecule has 2 aromatic rings. The maximum atomic E-state index is 12.2. The van der Waals surface area contributed by atoms with Gasteiger partial charge in [0.25, 0.3) is 5.91 Å². The SMILES string of the molecule is Nc1cnc(N2CCN(c3ncc(C(=O)NCCOCCC(=O)O)cn3)CC2CO)nc1. The van der Waals surface area contributed by atoms with Gasteiger partial charge in [-0.1, -0.05) is 0 Å². The van der Waals surface area contributed by atoms with E-state index in [9.17, 15) is 14.7 Å². The zero-order valence-corrected chi connectivity index (χ0v) is 17.4. The zero-order chi connectivity index (χ0) is 22.9. The van der Waals surface area contributed by atoms with E-state index in [0.717, 1.165) is 0 Å². The Morgan fingerprint density at radius 2 is 1.78 bits per heavy atom. The van der Waals surface area contributed by atoms with Crippen LogP contribution in [0, 0.1) is 0 Å². The molecule has 32 heavy (non-hydrogen) atoms. The molecular formula is C19H26N8O5. The number of carboxylic acid groups (broad SMARTS) is 1. The summed E-state index contributed by atoms with van der Waals surface area (Å²) in [5.41, 5.74) is 6.41. The fraction of sp³-hybridized carbons (Fsp3) is 0.474. The van der Waals surface area contributed by atoms with Crippen LogP contribution in [0.3, 0.4) is 0 Å². The fourth-order valence-electron chi connectivity index (χ4n) is 3.14. The molecule has 13 heteroatoms. The largest absolute Gasteiger partial charge is 0.481 e. The Labute approximate surface area is 184 Å². The van der Waals surface area contributed by atoms with E-state index in [1.165, 1.54) is 24.8 Å². The van der Waals surface area contributed by atoms with Gasteiger partial charge in [-0.15, -0.1) is 0 Å².